The van der Waals surface area contributed by atoms with Gasteiger partial charge in [-0.2, -0.15) is 0 Å². The Bertz CT molecular complexity index is 873. The number of rotatable bonds is 8. The molecule has 0 heterocycles. The summed E-state index contributed by atoms with van der Waals surface area (Å²) in [5, 5.41) is 4.35. The zero-order chi connectivity index (χ0) is 21.6. The van der Waals surface area contributed by atoms with Gasteiger partial charge < -0.3 is 10.2 Å². The van der Waals surface area contributed by atoms with Crippen molar-refractivity contribution in [1.82, 2.24) is 10.2 Å². The van der Waals surface area contributed by atoms with Gasteiger partial charge in [-0.05, 0) is 55.7 Å². The minimum Gasteiger partial charge on any atom is -0.352 e. The van der Waals surface area contributed by atoms with E-state index >= 15 is 0 Å². The predicted molar refractivity (Wildman–Crippen MR) is 120 cm³/mol. The zero-order valence-electron chi connectivity index (χ0n) is 16.7. The SMILES string of the molecule is CC[C@H](C)NC(=O)[C@@H](C)N(Cc1ccc(Cl)c(Cl)c1)C(=O)Cc1cccc(Cl)c1. The van der Waals surface area contributed by atoms with Crippen LogP contribution in [-0.2, 0) is 22.6 Å². The highest BCUT2D eigenvalue weighted by Gasteiger charge is 2.27. The van der Waals surface area contributed by atoms with Crippen LogP contribution in [0.1, 0.15) is 38.3 Å². The summed E-state index contributed by atoms with van der Waals surface area (Å²) >= 11 is 18.2. The molecule has 2 atom stereocenters. The van der Waals surface area contributed by atoms with Crippen LogP contribution >= 0.6 is 34.8 Å². The van der Waals surface area contributed by atoms with Crippen molar-refractivity contribution in [1.29, 1.82) is 0 Å². The van der Waals surface area contributed by atoms with Gasteiger partial charge in [-0.15, -0.1) is 0 Å². The zero-order valence-corrected chi connectivity index (χ0v) is 19.0. The molecule has 2 amide bonds. The molecule has 29 heavy (non-hydrogen) atoms. The number of benzene rings is 2. The summed E-state index contributed by atoms with van der Waals surface area (Å²) in [6.45, 7) is 5.89. The smallest absolute Gasteiger partial charge is 0.242 e. The normalized spacial score (nSPS) is 12.9. The quantitative estimate of drug-likeness (QED) is 0.569. The molecule has 0 aromatic heterocycles. The summed E-state index contributed by atoms with van der Waals surface area (Å²) in [5.74, 6) is -0.371. The number of nitrogens with zero attached hydrogens (tertiary/aromatic N) is 1. The number of nitrogens with one attached hydrogen (secondary N) is 1. The second-order valence-electron chi connectivity index (χ2n) is 7.07. The fraction of sp³-hybridized carbons (Fsp3) is 0.364. The Kier molecular flexibility index (Phi) is 8.81. The van der Waals surface area contributed by atoms with Crippen LogP contribution in [0.5, 0.6) is 0 Å². The molecule has 0 unspecified atom stereocenters. The van der Waals surface area contributed by atoms with Crippen molar-refractivity contribution in [2.24, 2.45) is 0 Å². The van der Waals surface area contributed by atoms with E-state index in [9.17, 15) is 9.59 Å². The van der Waals surface area contributed by atoms with Crippen LogP contribution in [0, 0.1) is 0 Å². The molecule has 2 rings (SSSR count). The lowest BCUT2D eigenvalue weighted by Crippen LogP contribution is -2.49. The topological polar surface area (TPSA) is 49.4 Å². The Morgan fingerprint density at radius 1 is 1.00 bits per heavy atom. The summed E-state index contributed by atoms with van der Waals surface area (Å²) in [7, 11) is 0. The van der Waals surface area contributed by atoms with Gasteiger partial charge in [0, 0.05) is 17.6 Å². The van der Waals surface area contributed by atoms with Crippen LogP contribution < -0.4 is 5.32 Å². The van der Waals surface area contributed by atoms with E-state index in [2.05, 4.69) is 5.32 Å². The maximum atomic E-state index is 13.1. The molecule has 0 saturated heterocycles. The molecule has 7 heteroatoms. The lowest BCUT2D eigenvalue weighted by atomic mass is 10.1. The third-order valence-electron chi connectivity index (χ3n) is 4.75. The molecule has 1 N–H and O–H groups in total. The van der Waals surface area contributed by atoms with Gasteiger partial charge in [0.15, 0.2) is 0 Å². The van der Waals surface area contributed by atoms with Gasteiger partial charge in [-0.3, -0.25) is 9.59 Å². The van der Waals surface area contributed by atoms with E-state index < -0.39 is 6.04 Å². The van der Waals surface area contributed by atoms with Crippen molar-refractivity contribution in [2.75, 3.05) is 0 Å². The Morgan fingerprint density at radius 3 is 2.34 bits per heavy atom. The number of carbonyl (C=O) groups is 2. The van der Waals surface area contributed by atoms with E-state index in [1.165, 1.54) is 0 Å². The first kappa shape index (κ1) is 23.5. The van der Waals surface area contributed by atoms with Crippen LogP contribution in [0.2, 0.25) is 15.1 Å². The molecule has 0 aliphatic carbocycles. The summed E-state index contributed by atoms with van der Waals surface area (Å²) in [6.07, 6.45) is 0.949. The van der Waals surface area contributed by atoms with Gasteiger partial charge >= 0.3 is 0 Å². The first-order valence-corrected chi connectivity index (χ1v) is 10.6. The fourth-order valence-electron chi connectivity index (χ4n) is 2.81. The van der Waals surface area contributed by atoms with Gasteiger partial charge in [0.25, 0.3) is 0 Å². The minimum atomic E-state index is -0.648. The molecular weight excluding hydrogens is 431 g/mol. The standard InChI is InChI=1S/C22H25Cl3N2O2/c1-4-14(2)26-22(29)15(3)27(13-17-8-9-19(24)20(25)11-17)21(28)12-16-6-5-7-18(23)10-16/h5-11,14-15H,4,12-13H2,1-3H3,(H,26,29)/t14-,15+/m0/s1. The van der Waals surface area contributed by atoms with Crippen molar-refractivity contribution in [3.63, 3.8) is 0 Å². The van der Waals surface area contributed by atoms with Crippen molar-refractivity contribution in [3.05, 3.63) is 68.7 Å². The Balaban J connectivity index is 2.26. The van der Waals surface area contributed by atoms with Crippen molar-refractivity contribution in [2.45, 2.75) is 52.2 Å². The summed E-state index contributed by atoms with van der Waals surface area (Å²) in [5.41, 5.74) is 1.58. The summed E-state index contributed by atoms with van der Waals surface area (Å²) in [6, 6.07) is 11.7. The van der Waals surface area contributed by atoms with E-state index in [1.807, 2.05) is 19.9 Å². The van der Waals surface area contributed by atoms with Crippen LogP contribution in [0.4, 0.5) is 0 Å². The summed E-state index contributed by atoms with van der Waals surface area (Å²) in [4.78, 5) is 27.4. The average molecular weight is 456 g/mol. The number of amides is 2. The predicted octanol–water partition coefficient (Wildman–Crippen LogP) is 5.52. The number of hydrogen-bond donors (Lipinski definition) is 1. The molecule has 0 radical (unpaired) electrons. The van der Waals surface area contributed by atoms with E-state index in [0.29, 0.717) is 15.1 Å². The lowest BCUT2D eigenvalue weighted by Gasteiger charge is -2.30. The number of carbonyl (C=O) groups excluding carboxylic acids is 2. The van der Waals surface area contributed by atoms with Crippen LogP contribution in [0.15, 0.2) is 42.5 Å². The van der Waals surface area contributed by atoms with Gasteiger partial charge in [0.1, 0.15) is 6.04 Å². The maximum absolute atomic E-state index is 13.1. The van der Waals surface area contributed by atoms with E-state index in [1.54, 1.807) is 48.2 Å². The first-order chi connectivity index (χ1) is 13.7. The molecule has 0 bridgehead atoms. The highest BCUT2D eigenvalue weighted by Crippen LogP contribution is 2.24. The van der Waals surface area contributed by atoms with E-state index in [4.69, 9.17) is 34.8 Å². The molecule has 0 aliphatic rings. The van der Waals surface area contributed by atoms with Crippen molar-refractivity contribution in [3.8, 4) is 0 Å². The Morgan fingerprint density at radius 2 is 1.72 bits per heavy atom. The molecule has 0 saturated carbocycles. The molecule has 2 aromatic rings. The summed E-state index contributed by atoms with van der Waals surface area (Å²) < 4.78 is 0. The van der Waals surface area contributed by atoms with Crippen LogP contribution in [0.25, 0.3) is 0 Å². The molecule has 2 aromatic carbocycles. The van der Waals surface area contributed by atoms with Crippen molar-refractivity contribution < 1.29 is 9.59 Å². The third kappa shape index (κ3) is 6.91. The molecule has 0 aliphatic heterocycles. The fourth-order valence-corrected chi connectivity index (χ4v) is 3.34. The Labute approximate surface area is 187 Å². The molecule has 4 nitrogen and oxygen atoms in total. The second-order valence-corrected chi connectivity index (χ2v) is 8.32. The van der Waals surface area contributed by atoms with Crippen molar-refractivity contribution >= 4 is 46.6 Å². The number of halogens is 3. The van der Waals surface area contributed by atoms with Gasteiger partial charge in [0.2, 0.25) is 11.8 Å². The monoisotopic (exact) mass is 454 g/mol. The van der Waals surface area contributed by atoms with Gasteiger partial charge in [-0.1, -0.05) is 59.9 Å². The molecule has 0 fully saturated rings. The first-order valence-electron chi connectivity index (χ1n) is 9.49. The van der Waals surface area contributed by atoms with E-state index in [-0.39, 0.29) is 30.8 Å². The van der Waals surface area contributed by atoms with Gasteiger partial charge in [-0.25, -0.2) is 0 Å². The average Bonchev–Trinajstić information content (AvgIpc) is 2.68. The third-order valence-corrected chi connectivity index (χ3v) is 5.72. The molecule has 156 valence electrons. The van der Waals surface area contributed by atoms with Gasteiger partial charge in [0.05, 0.1) is 16.5 Å². The maximum Gasteiger partial charge on any atom is 0.242 e. The molecular formula is C22H25Cl3N2O2. The van der Waals surface area contributed by atoms with Crippen LogP contribution in [0.3, 0.4) is 0 Å². The van der Waals surface area contributed by atoms with E-state index in [0.717, 1.165) is 17.5 Å². The number of hydrogen-bond acceptors (Lipinski definition) is 2. The minimum absolute atomic E-state index is 0.0276. The second kappa shape index (κ2) is 10.9. The largest absolute Gasteiger partial charge is 0.352 e. The molecule has 0 spiro atoms. The highest BCUT2D eigenvalue weighted by atomic mass is 35.5. The highest BCUT2D eigenvalue weighted by molar-refractivity contribution is 6.42. The lowest BCUT2D eigenvalue weighted by molar-refractivity contribution is -0.140. The van der Waals surface area contributed by atoms with Crippen LogP contribution in [-0.4, -0.2) is 28.8 Å². The Hall–Kier alpha value is -1.75.